The molecule has 0 aromatic carbocycles. The molecule has 1 saturated carbocycles. The normalized spacial score (nSPS) is 29.5. The van der Waals surface area contributed by atoms with E-state index in [2.05, 4.69) is 11.4 Å². The Balaban J connectivity index is 1.96. The van der Waals surface area contributed by atoms with Crippen molar-refractivity contribution in [2.24, 2.45) is 0 Å². The Kier molecular flexibility index (Phi) is 3.06. The molecule has 1 heterocycles. The molecule has 0 aliphatic heterocycles. The van der Waals surface area contributed by atoms with Gasteiger partial charge in [-0.15, -0.1) is 0 Å². The molecule has 0 unspecified atom stereocenters. The van der Waals surface area contributed by atoms with Gasteiger partial charge in [-0.1, -0.05) is 0 Å². The molecule has 1 aromatic heterocycles. The number of hydrogen-bond acceptors (Lipinski definition) is 4. The number of methoxy groups -OCH3 is 1. The van der Waals surface area contributed by atoms with E-state index < -0.39 is 0 Å². The van der Waals surface area contributed by atoms with Gasteiger partial charge in [0.2, 0.25) is 0 Å². The zero-order valence-corrected chi connectivity index (χ0v) is 9.42. The minimum absolute atomic E-state index is 0.171. The summed E-state index contributed by atoms with van der Waals surface area (Å²) in [6.07, 6.45) is 1.73. The van der Waals surface area contributed by atoms with Crippen molar-refractivity contribution in [1.82, 2.24) is 0 Å². The summed E-state index contributed by atoms with van der Waals surface area (Å²) in [5.74, 6) is 0. The molecule has 1 aliphatic rings. The monoisotopic (exact) mass is 223 g/mol. The van der Waals surface area contributed by atoms with E-state index in [0.717, 1.165) is 18.4 Å². The SMILES string of the molecule is COCOC1CC(C#N)(c2ccsc2)C1. The summed E-state index contributed by atoms with van der Waals surface area (Å²) in [5, 5.41) is 13.3. The van der Waals surface area contributed by atoms with Gasteiger partial charge in [0.15, 0.2) is 0 Å². The summed E-state index contributed by atoms with van der Waals surface area (Å²) in [4.78, 5) is 0. The van der Waals surface area contributed by atoms with Crippen LogP contribution in [0.2, 0.25) is 0 Å². The lowest BCUT2D eigenvalue weighted by Crippen LogP contribution is -2.44. The fourth-order valence-electron chi connectivity index (χ4n) is 1.93. The van der Waals surface area contributed by atoms with Crippen LogP contribution in [0.5, 0.6) is 0 Å². The first-order valence-corrected chi connectivity index (χ1v) is 5.79. The van der Waals surface area contributed by atoms with Crippen molar-refractivity contribution < 1.29 is 9.47 Å². The maximum Gasteiger partial charge on any atom is 0.146 e. The maximum absolute atomic E-state index is 9.22. The number of ether oxygens (including phenoxy) is 2. The maximum atomic E-state index is 9.22. The third-order valence-corrected chi connectivity index (χ3v) is 3.54. The summed E-state index contributed by atoms with van der Waals surface area (Å²) in [7, 11) is 1.61. The van der Waals surface area contributed by atoms with Crippen molar-refractivity contribution in [3.05, 3.63) is 22.4 Å². The molecule has 0 radical (unpaired) electrons. The largest absolute Gasteiger partial charge is 0.359 e. The summed E-state index contributed by atoms with van der Waals surface area (Å²) in [6.45, 7) is 0.315. The number of nitriles is 1. The molecular formula is C11H13NO2S. The first-order chi connectivity index (χ1) is 7.30. The second kappa shape index (κ2) is 4.31. The van der Waals surface area contributed by atoms with Crippen LogP contribution in [0.15, 0.2) is 16.8 Å². The first-order valence-electron chi connectivity index (χ1n) is 4.85. The van der Waals surface area contributed by atoms with Crippen molar-refractivity contribution in [3.8, 4) is 6.07 Å². The topological polar surface area (TPSA) is 42.2 Å². The third kappa shape index (κ3) is 1.91. The van der Waals surface area contributed by atoms with E-state index >= 15 is 0 Å². The molecule has 1 fully saturated rings. The molecule has 0 atom stereocenters. The Bertz CT molecular complexity index is 349. The van der Waals surface area contributed by atoms with E-state index in [1.165, 1.54) is 0 Å². The van der Waals surface area contributed by atoms with Gasteiger partial charge in [-0.3, -0.25) is 0 Å². The summed E-state index contributed by atoms with van der Waals surface area (Å²) in [6, 6.07) is 4.44. The molecule has 4 heteroatoms. The highest BCUT2D eigenvalue weighted by molar-refractivity contribution is 7.08. The highest BCUT2D eigenvalue weighted by Gasteiger charge is 2.47. The lowest BCUT2D eigenvalue weighted by molar-refractivity contribution is -0.112. The van der Waals surface area contributed by atoms with Gasteiger partial charge < -0.3 is 9.47 Å². The fraction of sp³-hybridized carbons (Fsp3) is 0.545. The zero-order chi connectivity index (χ0) is 10.7. The van der Waals surface area contributed by atoms with E-state index in [1.54, 1.807) is 18.4 Å². The smallest absolute Gasteiger partial charge is 0.146 e. The molecule has 1 aliphatic carbocycles. The van der Waals surface area contributed by atoms with E-state index in [9.17, 15) is 5.26 Å². The Labute approximate surface area is 93.2 Å². The highest BCUT2D eigenvalue weighted by Crippen LogP contribution is 2.45. The molecule has 0 N–H and O–H groups in total. The quantitative estimate of drug-likeness (QED) is 0.735. The Hall–Kier alpha value is -0.890. The molecule has 0 amide bonds. The third-order valence-electron chi connectivity index (χ3n) is 2.86. The van der Waals surface area contributed by atoms with Gasteiger partial charge in [0.25, 0.3) is 0 Å². The Morgan fingerprint density at radius 1 is 1.67 bits per heavy atom. The van der Waals surface area contributed by atoms with Crippen LogP contribution in [0.25, 0.3) is 0 Å². The van der Waals surface area contributed by atoms with E-state index in [-0.39, 0.29) is 11.5 Å². The number of nitrogens with zero attached hydrogens (tertiary/aromatic N) is 1. The van der Waals surface area contributed by atoms with Crippen molar-refractivity contribution in [2.75, 3.05) is 13.9 Å². The molecule has 0 saturated heterocycles. The minimum atomic E-state index is -0.307. The highest BCUT2D eigenvalue weighted by atomic mass is 32.1. The molecular weight excluding hydrogens is 210 g/mol. The van der Waals surface area contributed by atoms with Gasteiger partial charge in [0.05, 0.1) is 17.6 Å². The van der Waals surface area contributed by atoms with Crippen molar-refractivity contribution in [1.29, 1.82) is 5.26 Å². The summed E-state index contributed by atoms with van der Waals surface area (Å²) >= 11 is 1.63. The van der Waals surface area contributed by atoms with Gasteiger partial charge in [0.1, 0.15) is 6.79 Å². The molecule has 80 valence electrons. The zero-order valence-electron chi connectivity index (χ0n) is 8.60. The van der Waals surface area contributed by atoms with Crippen molar-refractivity contribution in [2.45, 2.75) is 24.4 Å². The standard InChI is InChI=1S/C11H13NO2S/c1-13-8-14-10-4-11(5-10,7-12)9-2-3-15-6-9/h2-3,6,10H,4-5,8H2,1H3. The first kappa shape index (κ1) is 10.6. The van der Waals surface area contributed by atoms with E-state index in [0.29, 0.717) is 6.79 Å². The molecule has 1 aromatic rings. The molecule has 15 heavy (non-hydrogen) atoms. The predicted molar refractivity (Wildman–Crippen MR) is 57.6 cm³/mol. The van der Waals surface area contributed by atoms with Gasteiger partial charge in [-0.25, -0.2) is 0 Å². The lowest BCUT2D eigenvalue weighted by atomic mass is 9.64. The fourth-order valence-corrected chi connectivity index (χ4v) is 2.68. The lowest BCUT2D eigenvalue weighted by Gasteiger charge is -2.41. The average molecular weight is 223 g/mol. The van der Waals surface area contributed by atoms with Crippen LogP contribution in [0, 0.1) is 11.3 Å². The van der Waals surface area contributed by atoms with Crippen LogP contribution in [-0.4, -0.2) is 20.0 Å². The second-order valence-electron chi connectivity index (χ2n) is 3.81. The summed E-state index contributed by atoms with van der Waals surface area (Å²) < 4.78 is 10.2. The van der Waals surface area contributed by atoms with Crippen LogP contribution >= 0.6 is 11.3 Å². The molecule has 0 spiro atoms. The van der Waals surface area contributed by atoms with Gasteiger partial charge in [-0.2, -0.15) is 16.6 Å². The number of thiophene rings is 1. The predicted octanol–water partition coefficient (Wildman–Crippen LogP) is 2.29. The van der Waals surface area contributed by atoms with Gasteiger partial charge in [-0.05, 0) is 35.2 Å². The summed E-state index contributed by atoms with van der Waals surface area (Å²) in [5.41, 5.74) is 0.825. The van der Waals surface area contributed by atoms with Crippen LogP contribution < -0.4 is 0 Å². The number of rotatable bonds is 4. The van der Waals surface area contributed by atoms with Gasteiger partial charge in [0, 0.05) is 7.11 Å². The number of hydrogen-bond donors (Lipinski definition) is 0. The van der Waals surface area contributed by atoms with E-state index in [1.807, 2.05) is 11.4 Å². The Morgan fingerprint density at radius 3 is 3.00 bits per heavy atom. The Morgan fingerprint density at radius 2 is 2.47 bits per heavy atom. The second-order valence-corrected chi connectivity index (χ2v) is 4.59. The minimum Gasteiger partial charge on any atom is -0.359 e. The van der Waals surface area contributed by atoms with Crippen LogP contribution in [0.1, 0.15) is 18.4 Å². The van der Waals surface area contributed by atoms with E-state index in [4.69, 9.17) is 9.47 Å². The van der Waals surface area contributed by atoms with Crippen molar-refractivity contribution >= 4 is 11.3 Å². The van der Waals surface area contributed by atoms with Crippen molar-refractivity contribution in [3.63, 3.8) is 0 Å². The molecule has 3 nitrogen and oxygen atoms in total. The molecule has 0 bridgehead atoms. The van der Waals surface area contributed by atoms with Crippen LogP contribution in [0.4, 0.5) is 0 Å². The average Bonchev–Trinajstić information content (AvgIpc) is 2.70. The van der Waals surface area contributed by atoms with Gasteiger partial charge >= 0.3 is 0 Å². The molecule has 2 rings (SSSR count). The van der Waals surface area contributed by atoms with Crippen LogP contribution in [-0.2, 0) is 14.9 Å². The van der Waals surface area contributed by atoms with Crippen LogP contribution in [0.3, 0.4) is 0 Å².